The number of Topliss-reactive ketones (excluding diaryl/α,β-unsaturated/α-hetero) is 1. The zero-order valence-electron chi connectivity index (χ0n) is 23.7. The average Bonchev–Trinajstić information content (AvgIpc) is 2.89. The van der Waals surface area contributed by atoms with E-state index in [9.17, 15) is 18.0 Å². The van der Waals surface area contributed by atoms with Crippen LogP contribution in [0.5, 0.6) is 5.75 Å². The Kier molecular flexibility index (Phi) is 18.4. The van der Waals surface area contributed by atoms with Crippen molar-refractivity contribution in [2.45, 2.75) is 96.6 Å². The van der Waals surface area contributed by atoms with Crippen LogP contribution in [-0.4, -0.2) is 43.6 Å². The summed E-state index contributed by atoms with van der Waals surface area (Å²) >= 11 is 0. The molecule has 0 N–H and O–H groups in total. The van der Waals surface area contributed by atoms with Gasteiger partial charge in [-0.05, 0) is 49.2 Å². The number of ketones is 1. The van der Waals surface area contributed by atoms with Crippen LogP contribution in [0.3, 0.4) is 0 Å². The summed E-state index contributed by atoms with van der Waals surface area (Å²) in [5.41, 5.74) is 2.73. The van der Waals surface area contributed by atoms with Crippen molar-refractivity contribution in [3.63, 3.8) is 0 Å². The lowest BCUT2D eigenvalue weighted by Gasteiger charge is -2.18. The number of ether oxygens (including phenoxy) is 1. The number of hydrogen-bond donors (Lipinski definition) is 0. The molecule has 2 aromatic rings. The second-order valence-corrected chi connectivity index (χ2v) is 10.4. The standard InChI is InChI=1S/C32H46F3NO2.HI/c1-3-4-5-6-7-8-9-10-11-15-22-36(2)23-24-38-30-20-18-28(19-21-31(37)32(33,34)35)26-29(30)25-27-16-13-12-14-17-27;/h12-14,16-18,20,26H,3-11,15,19,21-25H2,1-2H3;1H/p-1. The van der Waals surface area contributed by atoms with Crippen LogP contribution in [0, 0.1) is 0 Å². The molecule has 0 bridgehead atoms. The van der Waals surface area contributed by atoms with Crippen LogP contribution in [0.2, 0.25) is 0 Å². The number of carbonyl (C=O) groups is 1. The van der Waals surface area contributed by atoms with Crippen molar-refractivity contribution in [2.24, 2.45) is 0 Å². The summed E-state index contributed by atoms with van der Waals surface area (Å²) in [7, 11) is 2.11. The molecule has 0 heterocycles. The number of alkyl halides is 3. The fourth-order valence-corrected chi connectivity index (χ4v) is 4.58. The zero-order chi connectivity index (χ0) is 27.6. The van der Waals surface area contributed by atoms with Crippen LogP contribution in [0.4, 0.5) is 13.2 Å². The Labute approximate surface area is 250 Å². The maximum Gasteiger partial charge on any atom is 0.449 e. The van der Waals surface area contributed by atoms with Gasteiger partial charge >= 0.3 is 6.18 Å². The fraction of sp³-hybridized carbons (Fsp3) is 0.594. The van der Waals surface area contributed by atoms with Crippen LogP contribution < -0.4 is 28.7 Å². The number of hydrogen-bond acceptors (Lipinski definition) is 3. The van der Waals surface area contributed by atoms with Gasteiger partial charge in [0.2, 0.25) is 5.78 Å². The Morgan fingerprint density at radius 3 is 2.05 bits per heavy atom. The highest BCUT2D eigenvalue weighted by molar-refractivity contribution is 5.84. The van der Waals surface area contributed by atoms with E-state index in [0.29, 0.717) is 18.6 Å². The molecule has 0 saturated heterocycles. The fourth-order valence-electron chi connectivity index (χ4n) is 4.58. The minimum absolute atomic E-state index is 0. The van der Waals surface area contributed by atoms with Gasteiger partial charge in [0.05, 0.1) is 0 Å². The molecule has 0 spiro atoms. The lowest BCUT2D eigenvalue weighted by molar-refractivity contribution is -0.171. The van der Waals surface area contributed by atoms with Crippen molar-refractivity contribution in [1.29, 1.82) is 0 Å². The van der Waals surface area contributed by atoms with Gasteiger partial charge in [-0.2, -0.15) is 13.2 Å². The molecule has 0 radical (unpaired) electrons. The number of aryl methyl sites for hydroxylation is 1. The molecule has 2 aromatic carbocycles. The van der Waals surface area contributed by atoms with Gasteiger partial charge in [0.1, 0.15) is 12.4 Å². The van der Waals surface area contributed by atoms with Crippen molar-refractivity contribution in [3.8, 4) is 5.75 Å². The summed E-state index contributed by atoms with van der Waals surface area (Å²) in [6.07, 6.45) is 8.60. The normalized spacial score (nSPS) is 11.4. The maximum absolute atomic E-state index is 12.6. The SMILES string of the molecule is CCCCCCCCCCCCN(C)CCOc1ccc(CCC(=O)C(F)(F)F)cc1Cc1ccccc1.[I-]. The molecule has 2 rings (SSSR count). The van der Waals surface area contributed by atoms with Gasteiger partial charge in [0.25, 0.3) is 0 Å². The third-order valence-corrected chi connectivity index (χ3v) is 6.94. The van der Waals surface area contributed by atoms with E-state index in [2.05, 4.69) is 18.9 Å². The molecule has 0 unspecified atom stereocenters. The topological polar surface area (TPSA) is 29.5 Å². The zero-order valence-corrected chi connectivity index (χ0v) is 25.9. The molecule has 0 aromatic heterocycles. The number of benzene rings is 2. The number of nitrogens with zero attached hydrogens (tertiary/aromatic N) is 1. The van der Waals surface area contributed by atoms with E-state index in [0.717, 1.165) is 30.0 Å². The Hall–Kier alpha value is -1.61. The van der Waals surface area contributed by atoms with Gasteiger partial charge in [-0.25, -0.2) is 0 Å². The van der Waals surface area contributed by atoms with Crippen molar-refractivity contribution < 1.29 is 46.7 Å². The van der Waals surface area contributed by atoms with Crippen LogP contribution in [0.15, 0.2) is 48.5 Å². The van der Waals surface area contributed by atoms with Crippen molar-refractivity contribution in [3.05, 3.63) is 65.2 Å². The summed E-state index contributed by atoms with van der Waals surface area (Å²) in [6.45, 7) is 4.65. The Morgan fingerprint density at radius 1 is 0.821 bits per heavy atom. The number of halogens is 4. The first kappa shape index (κ1) is 35.4. The molecule has 7 heteroatoms. The molecule has 0 saturated carbocycles. The van der Waals surface area contributed by atoms with E-state index < -0.39 is 18.4 Å². The highest BCUT2D eigenvalue weighted by Gasteiger charge is 2.37. The molecule has 0 atom stereocenters. The van der Waals surface area contributed by atoms with Gasteiger partial charge in [-0.15, -0.1) is 0 Å². The van der Waals surface area contributed by atoms with E-state index in [4.69, 9.17) is 4.74 Å². The predicted molar refractivity (Wildman–Crippen MR) is 150 cm³/mol. The first-order chi connectivity index (χ1) is 18.3. The quantitative estimate of drug-likeness (QED) is 0.137. The minimum Gasteiger partial charge on any atom is -1.00 e. The Morgan fingerprint density at radius 2 is 1.44 bits per heavy atom. The molecule has 3 nitrogen and oxygen atoms in total. The summed E-state index contributed by atoms with van der Waals surface area (Å²) in [5, 5.41) is 0. The lowest BCUT2D eigenvalue weighted by Crippen LogP contribution is -3.00. The molecule has 0 aliphatic heterocycles. The van der Waals surface area contributed by atoms with Gasteiger partial charge < -0.3 is 33.6 Å². The van der Waals surface area contributed by atoms with E-state index in [1.807, 2.05) is 42.5 Å². The van der Waals surface area contributed by atoms with Crippen LogP contribution >= 0.6 is 0 Å². The van der Waals surface area contributed by atoms with E-state index in [-0.39, 0.29) is 30.4 Å². The maximum atomic E-state index is 12.6. The van der Waals surface area contributed by atoms with Crippen molar-refractivity contribution >= 4 is 5.78 Å². The molecule has 0 fully saturated rings. The summed E-state index contributed by atoms with van der Waals surface area (Å²) in [4.78, 5) is 13.6. The Balaban J connectivity index is 0.00000760. The monoisotopic (exact) mass is 660 g/mol. The van der Waals surface area contributed by atoms with E-state index in [1.54, 1.807) is 6.07 Å². The first-order valence-corrected chi connectivity index (χ1v) is 14.4. The molecule has 220 valence electrons. The lowest BCUT2D eigenvalue weighted by atomic mass is 9.99. The molecule has 39 heavy (non-hydrogen) atoms. The summed E-state index contributed by atoms with van der Waals surface area (Å²) < 4.78 is 44.0. The van der Waals surface area contributed by atoms with Gasteiger partial charge in [-0.1, -0.05) is 107 Å². The molecule has 0 aliphatic carbocycles. The number of likely N-dealkylation sites (N-methyl/N-ethyl adjacent to an activating group) is 1. The average molecular weight is 661 g/mol. The van der Waals surface area contributed by atoms with E-state index in [1.165, 1.54) is 64.2 Å². The van der Waals surface area contributed by atoms with Gasteiger partial charge in [-0.3, -0.25) is 4.79 Å². The molecular weight excluding hydrogens is 614 g/mol. The molecular formula is C32H46F3INO2-. The smallest absolute Gasteiger partial charge is 0.449 e. The number of rotatable bonds is 20. The van der Waals surface area contributed by atoms with Gasteiger partial charge in [0, 0.05) is 19.4 Å². The second-order valence-electron chi connectivity index (χ2n) is 10.4. The van der Waals surface area contributed by atoms with Gasteiger partial charge in [0.15, 0.2) is 0 Å². The summed E-state index contributed by atoms with van der Waals surface area (Å²) in [5.74, 6) is -0.944. The van der Waals surface area contributed by atoms with Crippen molar-refractivity contribution in [2.75, 3.05) is 26.7 Å². The van der Waals surface area contributed by atoms with Crippen LogP contribution in [-0.2, 0) is 17.6 Å². The third kappa shape index (κ3) is 15.7. The molecule has 0 amide bonds. The molecule has 0 aliphatic rings. The number of carbonyl (C=O) groups excluding carboxylic acids is 1. The highest BCUT2D eigenvalue weighted by atomic mass is 127. The minimum atomic E-state index is -4.78. The van der Waals surface area contributed by atoms with Crippen LogP contribution in [0.1, 0.15) is 94.2 Å². The largest absolute Gasteiger partial charge is 1.00 e. The first-order valence-electron chi connectivity index (χ1n) is 14.4. The van der Waals surface area contributed by atoms with Crippen molar-refractivity contribution in [1.82, 2.24) is 4.90 Å². The summed E-state index contributed by atoms with van der Waals surface area (Å²) in [6, 6.07) is 15.4. The number of unbranched alkanes of at least 4 members (excludes halogenated alkanes) is 9. The predicted octanol–water partition coefficient (Wildman–Crippen LogP) is 5.58. The Bertz CT molecular complexity index is 921. The highest BCUT2D eigenvalue weighted by Crippen LogP contribution is 2.25. The van der Waals surface area contributed by atoms with E-state index >= 15 is 0 Å². The second kappa shape index (κ2) is 20.3. The third-order valence-electron chi connectivity index (χ3n) is 6.94. The van der Waals surface area contributed by atoms with Crippen LogP contribution in [0.25, 0.3) is 0 Å².